The molecule has 0 fully saturated rings. The van der Waals surface area contributed by atoms with E-state index in [-0.39, 0.29) is 18.3 Å². The van der Waals surface area contributed by atoms with Gasteiger partial charge in [0.2, 0.25) is 11.7 Å². The van der Waals surface area contributed by atoms with Gasteiger partial charge in [-0.15, -0.1) is 5.10 Å². The van der Waals surface area contributed by atoms with Crippen molar-refractivity contribution in [1.29, 1.82) is 0 Å². The molecule has 0 aromatic carbocycles. The maximum absolute atomic E-state index is 12.5. The molecule has 0 aliphatic carbocycles. The van der Waals surface area contributed by atoms with Gasteiger partial charge in [-0.1, -0.05) is 0 Å². The number of ether oxygens (including phenoxy) is 1. The molecule has 2 aromatic heterocycles. The van der Waals surface area contributed by atoms with E-state index in [0.717, 1.165) is 0 Å². The Balaban J connectivity index is 2.37. The second kappa shape index (κ2) is 6.33. The van der Waals surface area contributed by atoms with Crippen molar-refractivity contribution in [1.82, 2.24) is 19.6 Å². The number of halogens is 2. The number of nitrogens with zero attached hydrogens (tertiary/aromatic N) is 4. The van der Waals surface area contributed by atoms with Crippen LogP contribution in [0.4, 0.5) is 4.39 Å². The molecule has 2 heterocycles. The maximum atomic E-state index is 12.5. The topological polar surface area (TPSA) is 61.9 Å². The van der Waals surface area contributed by atoms with Crippen LogP contribution in [-0.4, -0.2) is 38.6 Å². The molecular weight excluding hydrogens is 378 g/mol. The fraction of sp³-hybridized carbons (Fsp3) is 0.417. The first-order valence-corrected chi connectivity index (χ1v) is 7.14. The number of alkyl halides is 1. The van der Waals surface area contributed by atoms with Crippen molar-refractivity contribution in [3.8, 4) is 5.88 Å². The summed E-state index contributed by atoms with van der Waals surface area (Å²) in [6.45, 7) is 1.75. The van der Waals surface area contributed by atoms with Crippen molar-refractivity contribution in [2.24, 2.45) is 7.05 Å². The molecule has 0 bridgehead atoms. The van der Waals surface area contributed by atoms with Crippen LogP contribution in [0.5, 0.6) is 5.88 Å². The molecule has 0 atom stereocenters. The van der Waals surface area contributed by atoms with Crippen LogP contribution in [0.2, 0.25) is 0 Å². The van der Waals surface area contributed by atoms with Gasteiger partial charge in [0.25, 0.3) is 0 Å². The van der Waals surface area contributed by atoms with Gasteiger partial charge in [0.1, 0.15) is 22.5 Å². The normalized spacial score (nSPS) is 10.8. The summed E-state index contributed by atoms with van der Waals surface area (Å²) in [5.41, 5.74) is 0.806. The van der Waals surface area contributed by atoms with Gasteiger partial charge in [0.15, 0.2) is 0 Å². The Morgan fingerprint density at radius 2 is 2.15 bits per heavy atom. The Kier molecular flexibility index (Phi) is 4.73. The number of carbonyl (C=O) groups is 1. The first-order valence-electron chi connectivity index (χ1n) is 6.06. The summed E-state index contributed by atoms with van der Waals surface area (Å²) in [5, 5.41) is 8.26. The van der Waals surface area contributed by atoms with Crippen LogP contribution in [0.25, 0.3) is 0 Å². The SMILES string of the molecule is CCn1cc(C(=O)c2cn(C)nc2I)c(OCCF)n1. The van der Waals surface area contributed by atoms with Gasteiger partial charge in [-0.3, -0.25) is 14.2 Å². The minimum atomic E-state index is -0.628. The average Bonchev–Trinajstić information content (AvgIpc) is 2.98. The smallest absolute Gasteiger partial charge is 0.244 e. The van der Waals surface area contributed by atoms with Gasteiger partial charge in [-0.05, 0) is 29.5 Å². The van der Waals surface area contributed by atoms with E-state index in [9.17, 15) is 9.18 Å². The van der Waals surface area contributed by atoms with Gasteiger partial charge in [-0.2, -0.15) is 5.10 Å². The molecule has 0 radical (unpaired) electrons. The second-order valence-corrected chi connectivity index (χ2v) is 5.10. The van der Waals surface area contributed by atoms with Crippen LogP contribution >= 0.6 is 22.6 Å². The lowest BCUT2D eigenvalue weighted by Crippen LogP contribution is -2.06. The van der Waals surface area contributed by atoms with Crippen LogP contribution < -0.4 is 4.74 Å². The van der Waals surface area contributed by atoms with Crippen LogP contribution in [0.1, 0.15) is 22.8 Å². The predicted molar refractivity (Wildman–Crippen MR) is 78.7 cm³/mol. The molecule has 0 N–H and O–H groups in total. The standard InChI is InChI=1S/C12H14FIN4O2/c1-3-18-7-9(12(16-18)20-5-4-13)10(19)8-6-17(2)15-11(8)14/h6-7H,3-5H2,1-2H3. The van der Waals surface area contributed by atoms with E-state index >= 15 is 0 Å². The van der Waals surface area contributed by atoms with Crippen molar-refractivity contribution < 1.29 is 13.9 Å². The van der Waals surface area contributed by atoms with E-state index in [2.05, 4.69) is 10.2 Å². The summed E-state index contributed by atoms with van der Waals surface area (Å²) in [5.74, 6) is -0.0646. The molecule has 20 heavy (non-hydrogen) atoms. The molecule has 0 aliphatic rings. The van der Waals surface area contributed by atoms with E-state index in [1.54, 1.807) is 28.8 Å². The molecule has 0 aliphatic heterocycles. The number of carbonyl (C=O) groups excluding carboxylic acids is 1. The van der Waals surface area contributed by atoms with Gasteiger partial charge in [0.05, 0.1) is 5.56 Å². The van der Waals surface area contributed by atoms with E-state index < -0.39 is 6.67 Å². The summed E-state index contributed by atoms with van der Waals surface area (Å²) < 4.78 is 21.2. The predicted octanol–water partition coefficient (Wildman–Crippen LogP) is 1.82. The highest BCUT2D eigenvalue weighted by molar-refractivity contribution is 14.1. The zero-order valence-electron chi connectivity index (χ0n) is 11.1. The largest absolute Gasteiger partial charge is 0.473 e. The van der Waals surface area contributed by atoms with Crippen LogP contribution in [-0.2, 0) is 13.6 Å². The number of hydrogen-bond acceptors (Lipinski definition) is 4. The van der Waals surface area contributed by atoms with E-state index in [1.807, 2.05) is 29.5 Å². The van der Waals surface area contributed by atoms with Crippen molar-refractivity contribution >= 4 is 28.4 Å². The number of ketones is 1. The molecule has 0 saturated carbocycles. The Hall–Kier alpha value is -1.45. The highest BCUT2D eigenvalue weighted by Crippen LogP contribution is 2.22. The number of hydrogen-bond donors (Lipinski definition) is 0. The lowest BCUT2D eigenvalue weighted by atomic mass is 10.1. The van der Waals surface area contributed by atoms with E-state index in [1.165, 1.54) is 0 Å². The van der Waals surface area contributed by atoms with Crippen molar-refractivity contribution in [3.05, 3.63) is 27.2 Å². The Labute approximate surface area is 129 Å². The van der Waals surface area contributed by atoms with Crippen LogP contribution in [0.3, 0.4) is 0 Å². The van der Waals surface area contributed by atoms with Crippen molar-refractivity contribution in [2.75, 3.05) is 13.3 Å². The van der Waals surface area contributed by atoms with Gasteiger partial charge < -0.3 is 4.74 Å². The number of rotatable bonds is 6. The molecular formula is C12H14FIN4O2. The minimum absolute atomic E-state index is 0.120. The fourth-order valence-corrected chi connectivity index (χ4v) is 2.45. The van der Waals surface area contributed by atoms with Crippen molar-refractivity contribution in [3.63, 3.8) is 0 Å². The highest BCUT2D eigenvalue weighted by atomic mass is 127. The van der Waals surface area contributed by atoms with Gasteiger partial charge >= 0.3 is 0 Å². The van der Waals surface area contributed by atoms with Crippen LogP contribution in [0.15, 0.2) is 12.4 Å². The molecule has 0 spiro atoms. The van der Waals surface area contributed by atoms with E-state index in [4.69, 9.17) is 4.74 Å². The Morgan fingerprint density at radius 1 is 1.40 bits per heavy atom. The molecule has 0 unspecified atom stereocenters. The van der Waals surface area contributed by atoms with Gasteiger partial charge in [-0.25, -0.2) is 4.39 Å². The molecule has 0 amide bonds. The number of aromatic nitrogens is 4. The van der Waals surface area contributed by atoms with Gasteiger partial charge in [0, 0.05) is 26.0 Å². The summed E-state index contributed by atoms with van der Waals surface area (Å²) in [6, 6.07) is 0. The third kappa shape index (κ3) is 3.00. The molecule has 2 rings (SSSR count). The quantitative estimate of drug-likeness (QED) is 0.556. The average molecular weight is 392 g/mol. The highest BCUT2D eigenvalue weighted by Gasteiger charge is 2.22. The Morgan fingerprint density at radius 3 is 2.70 bits per heavy atom. The first kappa shape index (κ1) is 14.9. The Bertz CT molecular complexity index is 623. The summed E-state index contributed by atoms with van der Waals surface area (Å²) in [6.07, 6.45) is 3.26. The third-order valence-corrected chi connectivity index (χ3v) is 3.44. The number of aryl methyl sites for hydroxylation is 2. The monoisotopic (exact) mass is 392 g/mol. The van der Waals surface area contributed by atoms with E-state index in [0.29, 0.717) is 21.4 Å². The lowest BCUT2D eigenvalue weighted by Gasteiger charge is -2.01. The zero-order chi connectivity index (χ0) is 14.7. The van der Waals surface area contributed by atoms with Crippen molar-refractivity contribution in [2.45, 2.75) is 13.5 Å². The lowest BCUT2D eigenvalue weighted by molar-refractivity contribution is 0.103. The summed E-state index contributed by atoms with van der Waals surface area (Å²) in [4.78, 5) is 12.5. The molecule has 2 aromatic rings. The summed E-state index contributed by atoms with van der Waals surface area (Å²) >= 11 is 2.00. The molecule has 108 valence electrons. The minimum Gasteiger partial charge on any atom is -0.473 e. The second-order valence-electron chi connectivity index (χ2n) is 4.08. The molecule has 6 nitrogen and oxygen atoms in total. The van der Waals surface area contributed by atoms with Crippen LogP contribution in [0, 0.1) is 3.70 Å². The molecule has 0 saturated heterocycles. The third-order valence-electron chi connectivity index (χ3n) is 2.64. The zero-order valence-corrected chi connectivity index (χ0v) is 13.3. The maximum Gasteiger partial charge on any atom is 0.244 e. The molecule has 8 heteroatoms. The fourth-order valence-electron chi connectivity index (χ4n) is 1.72. The summed E-state index contributed by atoms with van der Waals surface area (Å²) in [7, 11) is 1.74. The first-order chi connectivity index (χ1) is 9.56.